The van der Waals surface area contributed by atoms with E-state index in [0.717, 1.165) is 40.8 Å². The number of ether oxygens (including phenoxy) is 1. The molecule has 1 aliphatic rings. The van der Waals surface area contributed by atoms with Crippen molar-refractivity contribution in [1.82, 2.24) is 4.98 Å². The smallest absolute Gasteiger partial charge is 0.233 e. The fourth-order valence-electron chi connectivity index (χ4n) is 3.35. The van der Waals surface area contributed by atoms with E-state index >= 15 is 0 Å². The molecular formula is C21H21ClN2O2S. The van der Waals surface area contributed by atoms with Crippen molar-refractivity contribution in [3.63, 3.8) is 0 Å². The summed E-state index contributed by atoms with van der Waals surface area (Å²) in [5.74, 6) is 0.0320. The van der Waals surface area contributed by atoms with Gasteiger partial charge < -0.3 is 4.74 Å². The van der Waals surface area contributed by atoms with Crippen LogP contribution in [0.15, 0.2) is 42.5 Å². The maximum atomic E-state index is 13.2. The first kappa shape index (κ1) is 18.4. The summed E-state index contributed by atoms with van der Waals surface area (Å²) >= 11 is 7.84. The summed E-state index contributed by atoms with van der Waals surface area (Å²) < 4.78 is 6.71. The minimum Gasteiger partial charge on any atom is -0.376 e. The van der Waals surface area contributed by atoms with Gasteiger partial charge in [-0.15, -0.1) is 0 Å². The minimum atomic E-state index is 0.0320. The molecule has 0 spiro atoms. The van der Waals surface area contributed by atoms with Gasteiger partial charge in [0.1, 0.15) is 0 Å². The number of rotatable bonds is 5. The van der Waals surface area contributed by atoms with E-state index in [1.807, 2.05) is 49.4 Å². The average molecular weight is 401 g/mol. The monoisotopic (exact) mass is 400 g/mol. The van der Waals surface area contributed by atoms with Gasteiger partial charge in [-0.3, -0.25) is 9.69 Å². The number of aryl methyl sites for hydroxylation is 1. The molecule has 1 amide bonds. The van der Waals surface area contributed by atoms with Crippen molar-refractivity contribution in [3.8, 4) is 0 Å². The van der Waals surface area contributed by atoms with Crippen molar-refractivity contribution < 1.29 is 9.53 Å². The van der Waals surface area contributed by atoms with Crippen molar-refractivity contribution in [2.75, 3.05) is 18.1 Å². The zero-order valence-corrected chi connectivity index (χ0v) is 16.7. The van der Waals surface area contributed by atoms with E-state index in [0.29, 0.717) is 23.1 Å². The number of hydrogen-bond donors (Lipinski definition) is 0. The molecule has 1 unspecified atom stereocenters. The van der Waals surface area contributed by atoms with Crippen molar-refractivity contribution in [1.29, 1.82) is 0 Å². The Balaban J connectivity index is 1.67. The molecule has 0 radical (unpaired) electrons. The van der Waals surface area contributed by atoms with Gasteiger partial charge in [-0.1, -0.05) is 59.3 Å². The van der Waals surface area contributed by atoms with Gasteiger partial charge in [0, 0.05) is 6.61 Å². The lowest BCUT2D eigenvalue weighted by atomic mass is 10.1. The molecule has 1 aromatic heterocycles. The Kier molecular flexibility index (Phi) is 5.43. The molecule has 3 aromatic rings. The quantitative estimate of drug-likeness (QED) is 0.604. The number of benzene rings is 2. The molecule has 2 heterocycles. The molecule has 0 bridgehead atoms. The SMILES string of the molecule is Cc1ccc(Cl)c2sc(N(CC3CCCO3)C(=O)Cc3ccccc3)nc12. The van der Waals surface area contributed by atoms with E-state index < -0.39 is 0 Å². The molecule has 1 aliphatic heterocycles. The van der Waals surface area contributed by atoms with Crippen LogP contribution in [0.4, 0.5) is 5.13 Å². The Hall–Kier alpha value is -1.95. The van der Waals surface area contributed by atoms with E-state index in [9.17, 15) is 4.79 Å². The number of halogens is 1. The second-order valence-electron chi connectivity index (χ2n) is 6.84. The Bertz CT molecular complexity index is 912. The second-order valence-corrected chi connectivity index (χ2v) is 8.22. The number of hydrogen-bond acceptors (Lipinski definition) is 4. The highest BCUT2D eigenvalue weighted by Gasteiger charge is 2.26. The van der Waals surface area contributed by atoms with E-state index in [-0.39, 0.29) is 12.0 Å². The summed E-state index contributed by atoms with van der Waals surface area (Å²) in [5, 5.41) is 1.37. The van der Waals surface area contributed by atoms with Crippen LogP contribution < -0.4 is 4.90 Å². The zero-order valence-electron chi connectivity index (χ0n) is 15.2. The number of carbonyl (C=O) groups excluding carboxylic acids is 1. The van der Waals surface area contributed by atoms with Gasteiger partial charge in [-0.05, 0) is 37.0 Å². The summed E-state index contributed by atoms with van der Waals surface area (Å²) in [6.45, 7) is 3.30. The normalized spacial score (nSPS) is 16.7. The maximum Gasteiger partial charge on any atom is 0.233 e. The molecule has 6 heteroatoms. The zero-order chi connectivity index (χ0) is 18.8. The summed E-state index contributed by atoms with van der Waals surface area (Å²) in [6.07, 6.45) is 2.42. The van der Waals surface area contributed by atoms with Gasteiger partial charge in [0.05, 0.1) is 34.3 Å². The number of thiazole rings is 1. The minimum absolute atomic E-state index is 0.0320. The first-order valence-corrected chi connectivity index (χ1v) is 10.3. The Morgan fingerprint density at radius 1 is 1.30 bits per heavy atom. The van der Waals surface area contributed by atoms with E-state index in [1.54, 1.807) is 4.90 Å². The summed E-state index contributed by atoms with van der Waals surface area (Å²) in [6, 6.07) is 13.7. The highest BCUT2D eigenvalue weighted by Crippen LogP contribution is 2.36. The number of fused-ring (bicyclic) bond motifs is 1. The average Bonchev–Trinajstić information content (AvgIpc) is 3.34. The fourth-order valence-corrected chi connectivity index (χ4v) is 4.69. The predicted molar refractivity (Wildman–Crippen MR) is 111 cm³/mol. The van der Waals surface area contributed by atoms with Gasteiger partial charge in [0.25, 0.3) is 0 Å². The summed E-state index contributed by atoms with van der Waals surface area (Å²) in [7, 11) is 0. The Morgan fingerprint density at radius 2 is 2.11 bits per heavy atom. The van der Waals surface area contributed by atoms with Crippen LogP contribution in [0.3, 0.4) is 0 Å². The molecule has 0 aliphatic carbocycles. The van der Waals surface area contributed by atoms with Gasteiger partial charge in [0.2, 0.25) is 5.91 Å². The number of amides is 1. The third-order valence-corrected chi connectivity index (χ3v) is 6.36. The maximum absolute atomic E-state index is 13.2. The molecule has 1 fully saturated rings. The summed E-state index contributed by atoms with van der Waals surface area (Å²) in [4.78, 5) is 19.7. The van der Waals surface area contributed by atoms with Crippen LogP contribution in [0.1, 0.15) is 24.0 Å². The van der Waals surface area contributed by atoms with Crippen LogP contribution in [-0.4, -0.2) is 30.1 Å². The second kappa shape index (κ2) is 7.97. The highest BCUT2D eigenvalue weighted by atomic mass is 35.5. The van der Waals surface area contributed by atoms with Crippen LogP contribution in [0.2, 0.25) is 5.02 Å². The summed E-state index contributed by atoms with van der Waals surface area (Å²) in [5.41, 5.74) is 2.92. The number of aromatic nitrogens is 1. The molecule has 0 N–H and O–H groups in total. The van der Waals surface area contributed by atoms with E-state index in [2.05, 4.69) is 0 Å². The first-order valence-electron chi connectivity index (χ1n) is 9.13. The number of nitrogens with zero attached hydrogens (tertiary/aromatic N) is 2. The highest BCUT2D eigenvalue weighted by molar-refractivity contribution is 7.23. The number of anilines is 1. The molecule has 27 heavy (non-hydrogen) atoms. The largest absolute Gasteiger partial charge is 0.376 e. The Morgan fingerprint density at radius 3 is 2.81 bits per heavy atom. The molecule has 4 rings (SSSR count). The van der Waals surface area contributed by atoms with Crippen LogP contribution in [0, 0.1) is 6.92 Å². The fraction of sp³-hybridized carbons (Fsp3) is 0.333. The standard InChI is InChI=1S/C21H21ClN2O2S/c1-14-9-10-17(22)20-19(14)23-21(27-20)24(13-16-8-5-11-26-16)18(25)12-15-6-3-2-4-7-15/h2-4,6-7,9-10,16H,5,8,11-13H2,1H3. The predicted octanol–water partition coefficient (Wildman–Crippen LogP) is 5.01. The first-order chi connectivity index (χ1) is 13.1. The van der Waals surface area contributed by atoms with Crippen LogP contribution in [0.5, 0.6) is 0 Å². The van der Waals surface area contributed by atoms with Gasteiger partial charge in [0.15, 0.2) is 5.13 Å². The van der Waals surface area contributed by atoms with E-state index in [4.69, 9.17) is 21.3 Å². The van der Waals surface area contributed by atoms with Crippen molar-refractivity contribution in [2.45, 2.75) is 32.3 Å². The van der Waals surface area contributed by atoms with Crippen molar-refractivity contribution in [3.05, 3.63) is 58.6 Å². The van der Waals surface area contributed by atoms with Crippen LogP contribution >= 0.6 is 22.9 Å². The molecule has 4 nitrogen and oxygen atoms in total. The molecule has 1 atom stereocenters. The van der Waals surface area contributed by atoms with Crippen LogP contribution in [0.25, 0.3) is 10.2 Å². The number of carbonyl (C=O) groups is 1. The lowest BCUT2D eigenvalue weighted by Gasteiger charge is -2.23. The van der Waals surface area contributed by atoms with Gasteiger partial charge in [-0.2, -0.15) is 0 Å². The Labute approximate surface area is 167 Å². The van der Waals surface area contributed by atoms with Gasteiger partial charge >= 0.3 is 0 Å². The van der Waals surface area contributed by atoms with Gasteiger partial charge in [-0.25, -0.2) is 4.98 Å². The molecule has 2 aromatic carbocycles. The molecular weight excluding hydrogens is 380 g/mol. The topological polar surface area (TPSA) is 42.4 Å². The third kappa shape index (κ3) is 4.00. The molecule has 1 saturated heterocycles. The van der Waals surface area contributed by atoms with Crippen molar-refractivity contribution >= 4 is 44.2 Å². The molecule has 140 valence electrons. The van der Waals surface area contributed by atoms with E-state index in [1.165, 1.54) is 11.3 Å². The van der Waals surface area contributed by atoms with Crippen LogP contribution in [-0.2, 0) is 16.0 Å². The van der Waals surface area contributed by atoms with Crippen molar-refractivity contribution in [2.24, 2.45) is 0 Å². The lowest BCUT2D eigenvalue weighted by Crippen LogP contribution is -2.38. The third-order valence-electron chi connectivity index (χ3n) is 4.83. The lowest BCUT2D eigenvalue weighted by molar-refractivity contribution is -0.118. The molecule has 0 saturated carbocycles.